The Bertz CT molecular complexity index is 1460. The van der Waals surface area contributed by atoms with Crippen LogP contribution < -0.4 is 5.32 Å². The minimum Gasteiger partial charge on any atom is -0.365 e. The second-order valence-corrected chi connectivity index (χ2v) is 9.87. The van der Waals surface area contributed by atoms with Crippen LogP contribution in [0.3, 0.4) is 0 Å². The van der Waals surface area contributed by atoms with Gasteiger partial charge in [-0.3, -0.25) is 4.98 Å². The predicted molar refractivity (Wildman–Crippen MR) is 162 cm³/mol. The van der Waals surface area contributed by atoms with Gasteiger partial charge in [0.05, 0.1) is 16.9 Å². The Balaban J connectivity index is 1.76. The molecule has 1 heterocycles. The van der Waals surface area contributed by atoms with Crippen LogP contribution in [0.15, 0.2) is 121 Å². The van der Waals surface area contributed by atoms with Crippen molar-refractivity contribution in [3.05, 3.63) is 167 Å². The fourth-order valence-corrected chi connectivity index (χ4v) is 5.26. The molecule has 214 valence electrons. The average molecular weight is 565 g/mol. The second kappa shape index (κ2) is 13.5. The molecule has 5 rings (SSSR count). The molecule has 4 aromatic carbocycles. The van der Waals surface area contributed by atoms with E-state index in [1.54, 1.807) is 18.3 Å². The Morgan fingerprint density at radius 1 is 0.690 bits per heavy atom. The van der Waals surface area contributed by atoms with E-state index in [4.69, 9.17) is 9.47 Å². The maximum atomic E-state index is 16.9. The van der Waals surface area contributed by atoms with E-state index in [-0.39, 0.29) is 23.6 Å². The lowest BCUT2D eigenvalue weighted by atomic mass is 9.76. The Morgan fingerprint density at radius 3 is 1.62 bits per heavy atom. The van der Waals surface area contributed by atoms with Gasteiger partial charge in [-0.25, -0.2) is 8.78 Å². The highest BCUT2D eigenvalue weighted by molar-refractivity contribution is 5.64. The highest BCUT2D eigenvalue weighted by Crippen LogP contribution is 2.43. The van der Waals surface area contributed by atoms with Crippen molar-refractivity contribution < 1.29 is 18.3 Å². The van der Waals surface area contributed by atoms with Gasteiger partial charge in [-0.05, 0) is 48.2 Å². The van der Waals surface area contributed by atoms with E-state index in [1.807, 2.05) is 105 Å². The Labute approximate surface area is 246 Å². The molecule has 0 saturated heterocycles. The number of halogens is 2. The maximum absolute atomic E-state index is 16.9. The fourth-order valence-electron chi connectivity index (χ4n) is 5.26. The summed E-state index contributed by atoms with van der Waals surface area (Å²) < 4.78 is 42.4. The van der Waals surface area contributed by atoms with E-state index in [1.165, 1.54) is 12.1 Å². The maximum Gasteiger partial charge on any atom is 0.187 e. The minimum absolute atomic E-state index is 0.185. The Hall–Kier alpha value is -4.39. The van der Waals surface area contributed by atoms with E-state index in [0.29, 0.717) is 18.8 Å². The standard InChI is InChI=1S/C36H34F2N2O2/c1-3-41-35(42-4-2)31-25-39-32(24-26-20-22-30(37)23-21-26)33(38)34(31)40-36(27-14-8-5-9-15-27,28-16-10-6-11-17-28)29-18-12-7-13-19-29/h5-23,25,35H,3-4,24H2,1-2H3,(H,39,40). The summed E-state index contributed by atoms with van der Waals surface area (Å²) in [6.45, 7) is 4.47. The molecule has 6 heteroatoms. The minimum atomic E-state index is -0.989. The topological polar surface area (TPSA) is 43.4 Å². The molecular weight excluding hydrogens is 530 g/mol. The summed E-state index contributed by atoms with van der Waals surface area (Å²) in [5, 5.41) is 3.68. The van der Waals surface area contributed by atoms with E-state index in [9.17, 15) is 4.39 Å². The smallest absolute Gasteiger partial charge is 0.187 e. The average Bonchev–Trinajstić information content (AvgIpc) is 3.04. The van der Waals surface area contributed by atoms with Gasteiger partial charge in [-0.1, -0.05) is 103 Å². The van der Waals surface area contributed by atoms with Gasteiger partial charge in [-0.15, -0.1) is 0 Å². The fraction of sp³-hybridized carbons (Fsp3) is 0.194. The normalized spacial score (nSPS) is 11.5. The van der Waals surface area contributed by atoms with Crippen LogP contribution in [0.2, 0.25) is 0 Å². The summed E-state index contributed by atoms with van der Waals surface area (Å²) >= 11 is 0. The van der Waals surface area contributed by atoms with Gasteiger partial charge < -0.3 is 14.8 Å². The van der Waals surface area contributed by atoms with Crippen LogP contribution in [0.4, 0.5) is 14.5 Å². The summed E-state index contributed by atoms with van der Waals surface area (Å²) in [7, 11) is 0. The van der Waals surface area contributed by atoms with E-state index < -0.39 is 17.6 Å². The number of rotatable bonds is 12. The van der Waals surface area contributed by atoms with Crippen LogP contribution in [0.1, 0.15) is 53.6 Å². The van der Waals surface area contributed by atoms with E-state index >= 15 is 4.39 Å². The molecule has 0 radical (unpaired) electrons. The molecule has 0 atom stereocenters. The van der Waals surface area contributed by atoms with Crippen molar-refractivity contribution in [2.24, 2.45) is 0 Å². The van der Waals surface area contributed by atoms with Crippen molar-refractivity contribution >= 4 is 5.69 Å². The lowest BCUT2D eigenvalue weighted by molar-refractivity contribution is -0.140. The Morgan fingerprint density at radius 2 is 1.17 bits per heavy atom. The van der Waals surface area contributed by atoms with Gasteiger partial charge in [0.15, 0.2) is 12.1 Å². The van der Waals surface area contributed by atoms with Crippen LogP contribution in [0, 0.1) is 11.6 Å². The molecule has 1 aromatic heterocycles. The van der Waals surface area contributed by atoms with Crippen molar-refractivity contribution in [2.45, 2.75) is 32.1 Å². The molecule has 0 fully saturated rings. The molecule has 0 amide bonds. The van der Waals surface area contributed by atoms with Crippen molar-refractivity contribution in [2.75, 3.05) is 18.5 Å². The van der Waals surface area contributed by atoms with Gasteiger partial charge in [0.25, 0.3) is 0 Å². The number of hydrogen-bond acceptors (Lipinski definition) is 4. The molecule has 0 aliphatic rings. The van der Waals surface area contributed by atoms with Crippen molar-refractivity contribution in [1.82, 2.24) is 4.98 Å². The number of ether oxygens (including phenoxy) is 2. The van der Waals surface area contributed by atoms with Crippen LogP contribution >= 0.6 is 0 Å². The molecule has 0 bridgehead atoms. The molecule has 0 aliphatic heterocycles. The first-order valence-corrected chi connectivity index (χ1v) is 14.2. The van der Waals surface area contributed by atoms with E-state index in [0.717, 1.165) is 22.3 Å². The third kappa shape index (κ3) is 6.10. The number of aromatic nitrogens is 1. The number of nitrogens with one attached hydrogen (secondary N) is 1. The van der Waals surface area contributed by atoms with Gasteiger partial charge in [0.2, 0.25) is 0 Å². The number of benzene rings is 4. The van der Waals surface area contributed by atoms with E-state index in [2.05, 4.69) is 10.3 Å². The molecule has 0 saturated carbocycles. The molecule has 42 heavy (non-hydrogen) atoms. The molecule has 0 unspecified atom stereocenters. The highest BCUT2D eigenvalue weighted by atomic mass is 19.1. The summed E-state index contributed by atoms with van der Waals surface area (Å²) in [6, 6.07) is 36.0. The van der Waals surface area contributed by atoms with Crippen LogP contribution in [-0.2, 0) is 21.4 Å². The molecule has 1 N–H and O–H groups in total. The number of anilines is 1. The first-order chi connectivity index (χ1) is 20.6. The zero-order valence-electron chi connectivity index (χ0n) is 23.8. The van der Waals surface area contributed by atoms with Gasteiger partial charge in [-0.2, -0.15) is 0 Å². The highest BCUT2D eigenvalue weighted by Gasteiger charge is 2.39. The summed E-state index contributed by atoms with van der Waals surface area (Å²) in [5.74, 6) is -0.868. The molecule has 4 nitrogen and oxygen atoms in total. The lowest BCUT2D eigenvalue weighted by Crippen LogP contribution is -2.39. The predicted octanol–water partition coefficient (Wildman–Crippen LogP) is 8.43. The second-order valence-electron chi connectivity index (χ2n) is 9.87. The van der Waals surface area contributed by atoms with Crippen LogP contribution in [0.5, 0.6) is 0 Å². The monoisotopic (exact) mass is 564 g/mol. The molecular formula is C36H34F2N2O2. The number of pyridine rings is 1. The first-order valence-electron chi connectivity index (χ1n) is 14.2. The van der Waals surface area contributed by atoms with Gasteiger partial charge in [0.1, 0.15) is 11.4 Å². The quantitative estimate of drug-likeness (QED) is 0.122. The molecule has 0 aliphatic carbocycles. The zero-order valence-corrected chi connectivity index (χ0v) is 23.8. The van der Waals surface area contributed by atoms with Crippen molar-refractivity contribution in [1.29, 1.82) is 0 Å². The van der Waals surface area contributed by atoms with Gasteiger partial charge >= 0.3 is 0 Å². The summed E-state index contributed by atoms with van der Waals surface area (Å²) in [5.41, 5.74) is 3.43. The SMILES string of the molecule is CCOC(OCC)c1cnc(Cc2ccc(F)cc2)c(F)c1NC(c1ccccc1)(c1ccccc1)c1ccccc1. The van der Waals surface area contributed by atoms with Gasteiger partial charge in [0, 0.05) is 25.8 Å². The van der Waals surface area contributed by atoms with Crippen molar-refractivity contribution in [3.8, 4) is 0 Å². The summed E-state index contributed by atoms with van der Waals surface area (Å²) in [6.07, 6.45) is 0.958. The number of nitrogens with zero attached hydrogens (tertiary/aromatic N) is 1. The molecule has 5 aromatic rings. The summed E-state index contributed by atoms with van der Waals surface area (Å²) in [4.78, 5) is 4.52. The van der Waals surface area contributed by atoms with Crippen LogP contribution in [-0.4, -0.2) is 18.2 Å². The molecule has 0 spiro atoms. The van der Waals surface area contributed by atoms with Crippen molar-refractivity contribution in [3.63, 3.8) is 0 Å². The zero-order chi connectivity index (χ0) is 29.4. The third-order valence-electron chi connectivity index (χ3n) is 7.23. The number of hydrogen-bond donors (Lipinski definition) is 1. The lowest BCUT2D eigenvalue weighted by Gasteiger charge is -2.39. The Kier molecular flexibility index (Phi) is 9.37. The largest absolute Gasteiger partial charge is 0.365 e. The van der Waals surface area contributed by atoms with Crippen LogP contribution in [0.25, 0.3) is 0 Å². The first kappa shape index (κ1) is 29.1. The third-order valence-corrected chi connectivity index (χ3v) is 7.23.